The van der Waals surface area contributed by atoms with E-state index < -0.39 is 5.82 Å². The number of pyridine rings is 1. The van der Waals surface area contributed by atoms with E-state index in [1.165, 1.54) is 6.20 Å². The Labute approximate surface area is 57.3 Å². The Morgan fingerprint density at radius 3 is 2.70 bits per heavy atom. The molecule has 3 N–H and O–H groups in total. The van der Waals surface area contributed by atoms with Crippen LogP contribution in [-0.2, 0) is 6.61 Å². The maximum Gasteiger partial charge on any atom is 0.149 e. The van der Waals surface area contributed by atoms with E-state index in [9.17, 15) is 4.39 Å². The first-order valence-electron chi connectivity index (χ1n) is 2.74. The monoisotopic (exact) mass is 142 g/mol. The molecule has 0 unspecified atom stereocenters. The summed E-state index contributed by atoms with van der Waals surface area (Å²) in [7, 11) is 0. The number of nitrogen functional groups attached to an aromatic ring is 1. The zero-order chi connectivity index (χ0) is 7.56. The summed E-state index contributed by atoms with van der Waals surface area (Å²) in [5.41, 5.74) is 5.56. The summed E-state index contributed by atoms with van der Waals surface area (Å²) in [4.78, 5) is 3.48. The van der Waals surface area contributed by atoms with Crippen molar-refractivity contribution < 1.29 is 9.50 Å². The Hall–Kier alpha value is -1.16. The van der Waals surface area contributed by atoms with Crippen LogP contribution in [0.2, 0.25) is 0 Å². The largest absolute Gasteiger partial charge is 0.397 e. The second kappa shape index (κ2) is 2.62. The van der Waals surface area contributed by atoms with Crippen molar-refractivity contribution in [2.75, 3.05) is 5.73 Å². The molecular formula is C6H7FN2O. The first-order valence-corrected chi connectivity index (χ1v) is 2.74. The molecule has 4 heteroatoms. The second-order valence-electron chi connectivity index (χ2n) is 1.85. The van der Waals surface area contributed by atoms with Crippen LogP contribution in [0.25, 0.3) is 0 Å². The highest BCUT2D eigenvalue weighted by atomic mass is 19.1. The Morgan fingerprint density at radius 1 is 1.60 bits per heavy atom. The molecule has 0 saturated carbocycles. The number of aliphatic hydroxyl groups excluding tert-OH is 1. The van der Waals surface area contributed by atoms with Gasteiger partial charge in [-0.15, -0.1) is 0 Å². The molecule has 1 aromatic rings. The van der Waals surface area contributed by atoms with Gasteiger partial charge in [0.25, 0.3) is 0 Å². The third-order valence-corrected chi connectivity index (χ3v) is 1.20. The number of anilines is 1. The topological polar surface area (TPSA) is 59.1 Å². The van der Waals surface area contributed by atoms with Gasteiger partial charge in [-0.05, 0) is 0 Å². The van der Waals surface area contributed by atoms with Gasteiger partial charge in [-0.25, -0.2) is 4.39 Å². The molecule has 0 aromatic carbocycles. The molecule has 1 aromatic heterocycles. The van der Waals surface area contributed by atoms with Crippen molar-refractivity contribution in [3.63, 3.8) is 0 Å². The maximum absolute atomic E-state index is 12.5. The number of nitrogens with two attached hydrogens (primary N) is 1. The normalized spacial score (nSPS) is 9.80. The molecule has 0 aliphatic carbocycles. The van der Waals surface area contributed by atoms with Gasteiger partial charge < -0.3 is 10.8 Å². The van der Waals surface area contributed by atoms with Crippen LogP contribution < -0.4 is 5.73 Å². The van der Waals surface area contributed by atoms with Crippen LogP contribution in [0.4, 0.5) is 10.1 Å². The lowest BCUT2D eigenvalue weighted by Gasteiger charge is -2.00. The predicted molar refractivity (Wildman–Crippen MR) is 34.5 cm³/mol. The Balaban J connectivity index is 3.17. The summed E-state index contributed by atoms with van der Waals surface area (Å²) in [6.07, 6.45) is 2.32. The van der Waals surface area contributed by atoms with Crippen LogP contribution >= 0.6 is 0 Å². The van der Waals surface area contributed by atoms with Crippen LogP contribution in [0, 0.1) is 5.82 Å². The summed E-state index contributed by atoms with van der Waals surface area (Å²) in [5, 5.41) is 8.55. The van der Waals surface area contributed by atoms with Gasteiger partial charge in [0.05, 0.1) is 24.7 Å². The number of rotatable bonds is 1. The minimum atomic E-state index is -0.567. The molecule has 10 heavy (non-hydrogen) atoms. The van der Waals surface area contributed by atoms with Crippen molar-refractivity contribution in [3.8, 4) is 0 Å². The summed E-state index contributed by atoms with van der Waals surface area (Å²) >= 11 is 0. The van der Waals surface area contributed by atoms with Crippen LogP contribution in [0.5, 0.6) is 0 Å². The van der Waals surface area contributed by atoms with Crippen molar-refractivity contribution in [1.82, 2.24) is 4.98 Å². The highest BCUT2D eigenvalue weighted by Gasteiger charge is 2.03. The van der Waals surface area contributed by atoms with Gasteiger partial charge in [0, 0.05) is 5.56 Å². The lowest BCUT2D eigenvalue weighted by Crippen LogP contribution is -1.98. The highest BCUT2D eigenvalue weighted by molar-refractivity contribution is 5.43. The number of aromatic nitrogens is 1. The fourth-order valence-corrected chi connectivity index (χ4v) is 0.644. The van der Waals surface area contributed by atoms with E-state index in [1.807, 2.05) is 0 Å². The molecule has 0 saturated heterocycles. The van der Waals surface area contributed by atoms with Gasteiger partial charge in [-0.3, -0.25) is 4.98 Å². The fraction of sp³-hybridized carbons (Fsp3) is 0.167. The van der Waals surface area contributed by atoms with Gasteiger partial charge in [-0.2, -0.15) is 0 Å². The zero-order valence-corrected chi connectivity index (χ0v) is 5.21. The van der Waals surface area contributed by atoms with Gasteiger partial charge in [0.15, 0.2) is 0 Å². The molecule has 1 heterocycles. The summed E-state index contributed by atoms with van der Waals surface area (Å²) in [5.74, 6) is -0.567. The number of hydrogen-bond acceptors (Lipinski definition) is 3. The van der Waals surface area contributed by atoms with E-state index in [0.717, 1.165) is 6.20 Å². The summed E-state index contributed by atoms with van der Waals surface area (Å²) in [6, 6.07) is 0. The van der Waals surface area contributed by atoms with Crippen molar-refractivity contribution in [2.24, 2.45) is 0 Å². The van der Waals surface area contributed by atoms with E-state index in [-0.39, 0.29) is 17.9 Å². The number of hydrogen-bond donors (Lipinski definition) is 2. The van der Waals surface area contributed by atoms with Crippen LogP contribution in [0.15, 0.2) is 12.4 Å². The van der Waals surface area contributed by atoms with Crippen molar-refractivity contribution in [3.05, 3.63) is 23.8 Å². The average Bonchev–Trinajstić information content (AvgIpc) is 1.88. The number of halogens is 1. The molecule has 0 amide bonds. The lowest BCUT2D eigenvalue weighted by atomic mass is 10.2. The molecule has 0 radical (unpaired) electrons. The summed E-state index contributed by atoms with van der Waals surface area (Å²) in [6.45, 7) is -0.389. The average molecular weight is 142 g/mol. The number of nitrogens with zero attached hydrogens (tertiary/aromatic N) is 1. The first kappa shape index (κ1) is 6.95. The SMILES string of the molecule is Nc1cncc(F)c1CO. The fourth-order valence-electron chi connectivity index (χ4n) is 0.644. The van der Waals surface area contributed by atoms with Gasteiger partial charge >= 0.3 is 0 Å². The predicted octanol–water partition coefficient (Wildman–Crippen LogP) is 0.295. The standard InChI is InChI=1S/C6H7FN2O/c7-5-1-9-2-6(8)4(5)3-10/h1-2,10H,3,8H2. The van der Waals surface area contributed by atoms with E-state index >= 15 is 0 Å². The minimum absolute atomic E-state index is 0.106. The van der Waals surface area contributed by atoms with Gasteiger partial charge in [0.1, 0.15) is 5.82 Å². The zero-order valence-electron chi connectivity index (χ0n) is 5.21. The smallest absolute Gasteiger partial charge is 0.149 e. The molecule has 0 bridgehead atoms. The molecule has 0 atom stereocenters. The minimum Gasteiger partial charge on any atom is -0.397 e. The lowest BCUT2D eigenvalue weighted by molar-refractivity contribution is 0.276. The molecule has 0 aliphatic rings. The second-order valence-corrected chi connectivity index (χ2v) is 1.85. The van der Waals surface area contributed by atoms with Gasteiger partial charge in [0.2, 0.25) is 0 Å². The van der Waals surface area contributed by atoms with E-state index in [4.69, 9.17) is 10.8 Å². The molecule has 0 aliphatic heterocycles. The van der Waals surface area contributed by atoms with Crippen molar-refractivity contribution >= 4 is 5.69 Å². The van der Waals surface area contributed by atoms with E-state index in [1.54, 1.807) is 0 Å². The molecule has 54 valence electrons. The molecule has 3 nitrogen and oxygen atoms in total. The van der Waals surface area contributed by atoms with Crippen molar-refractivity contribution in [1.29, 1.82) is 0 Å². The molecule has 1 rings (SSSR count). The Bertz CT molecular complexity index is 219. The number of aliphatic hydroxyl groups is 1. The first-order chi connectivity index (χ1) is 4.75. The maximum atomic E-state index is 12.5. The quantitative estimate of drug-likeness (QED) is 0.592. The van der Waals surface area contributed by atoms with Crippen LogP contribution in [0.3, 0.4) is 0 Å². The molecule has 0 spiro atoms. The van der Waals surface area contributed by atoms with E-state index in [2.05, 4.69) is 4.98 Å². The van der Waals surface area contributed by atoms with Crippen LogP contribution in [-0.4, -0.2) is 10.1 Å². The van der Waals surface area contributed by atoms with Crippen LogP contribution in [0.1, 0.15) is 5.56 Å². The van der Waals surface area contributed by atoms with Gasteiger partial charge in [-0.1, -0.05) is 0 Å². The third-order valence-electron chi connectivity index (χ3n) is 1.20. The molecule has 0 fully saturated rings. The van der Waals surface area contributed by atoms with Crippen molar-refractivity contribution in [2.45, 2.75) is 6.61 Å². The third kappa shape index (κ3) is 1.06. The Kier molecular flexibility index (Phi) is 1.82. The summed E-state index contributed by atoms with van der Waals surface area (Å²) < 4.78 is 12.5. The Morgan fingerprint density at radius 2 is 2.30 bits per heavy atom. The van der Waals surface area contributed by atoms with E-state index in [0.29, 0.717) is 0 Å². The highest BCUT2D eigenvalue weighted by Crippen LogP contribution is 2.12. The molecular weight excluding hydrogens is 135 g/mol.